The minimum Gasteiger partial charge on any atom is -0.366 e. The fourth-order valence-electron chi connectivity index (χ4n) is 3.10. The Morgan fingerprint density at radius 3 is 2.14 bits per heavy atom. The van der Waals surface area contributed by atoms with E-state index in [-0.39, 0.29) is 11.7 Å². The number of primary amides is 1. The number of nitrogens with two attached hydrogens (primary N) is 1. The van der Waals surface area contributed by atoms with Crippen molar-refractivity contribution in [2.24, 2.45) is 5.73 Å². The van der Waals surface area contributed by atoms with Gasteiger partial charge in [0.25, 0.3) is 0 Å². The number of carbonyl (C=O) groups is 1. The molecular weight excluding hydrogens is 370 g/mol. The number of rotatable bonds is 4. The molecule has 28 heavy (non-hydrogen) atoms. The molecule has 0 radical (unpaired) electrons. The highest BCUT2D eigenvalue weighted by Gasteiger charge is 2.35. The minimum absolute atomic E-state index is 0.0764. The summed E-state index contributed by atoms with van der Waals surface area (Å²) in [7, 11) is 0. The minimum atomic E-state index is -4.70. The summed E-state index contributed by atoms with van der Waals surface area (Å²) in [5.74, 6) is -1.54. The molecule has 3 rings (SSSR count). The summed E-state index contributed by atoms with van der Waals surface area (Å²) in [5, 5.41) is 0. The first kappa shape index (κ1) is 19.6. The lowest BCUT2D eigenvalue weighted by atomic mass is 9.90. The van der Waals surface area contributed by atoms with Gasteiger partial charge in [0.2, 0.25) is 5.91 Å². The summed E-state index contributed by atoms with van der Waals surface area (Å²) in [5.41, 5.74) is 6.11. The van der Waals surface area contributed by atoms with Crippen LogP contribution in [0, 0.1) is 5.82 Å². The summed E-state index contributed by atoms with van der Waals surface area (Å²) in [6, 6.07) is 16.6. The fraction of sp³-hybridized carbons (Fsp3) is 0.136. The number of carbonyl (C=O) groups excluding carboxylic acids is 1. The van der Waals surface area contributed by atoms with Crippen molar-refractivity contribution in [3.63, 3.8) is 0 Å². The maximum Gasteiger partial charge on any atom is 0.417 e. The molecule has 1 amide bonds. The van der Waals surface area contributed by atoms with Gasteiger partial charge < -0.3 is 5.73 Å². The molecule has 0 saturated heterocycles. The van der Waals surface area contributed by atoms with Crippen LogP contribution in [0.15, 0.2) is 66.7 Å². The monoisotopic (exact) mass is 387 g/mol. The van der Waals surface area contributed by atoms with Gasteiger partial charge in [-0.3, -0.25) is 4.79 Å². The Hall–Kier alpha value is -3.15. The predicted octanol–water partition coefficient (Wildman–Crippen LogP) is 5.76. The Morgan fingerprint density at radius 2 is 1.54 bits per heavy atom. The van der Waals surface area contributed by atoms with Crippen molar-refractivity contribution in [3.05, 3.63) is 94.8 Å². The van der Waals surface area contributed by atoms with E-state index in [0.29, 0.717) is 11.1 Å². The summed E-state index contributed by atoms with van der Waals surface area (Å²) >= 11 is 0. The van der Waals surface area contributed by atoms with E-state index in [9.17, 15) is 22.4 Å². The lowest BCUT2D eigenvalue weighted by Gasteiger charge is -2.16. The van der Waals surface area contributed by atoms with Gasteiger partial charge in [-0.05, 0) is 46.5 Å². The van der Waals surface area contributed by atoms with Crippen LogP contribution < -0.4 is 5.73 Å². The lowest BCUT2D eigenvalue weighted by molar-refractivity contribution is -0.137. The SMILES string of the molecule is CC(c1ccc(F)cc1)c1cccc(-c2ccc(C(N)=O)c(C(F)(F)F)c2)c1. The van der Waals surface area contributed by atoms with Gasteiger partial charge in [0.15, 0.2) is 0 Å². The molecule has 0 fully saturated rings. The molecule has 144 valence electrons. The van der Waals surface area contributed by atoms with E-state index in [1.807, 2.05) is 13.0 Å². The van der Waals surface area contributed by atoms with E-state index in [2.05, 4.69) is 0 Å². The first-order chi connectivity index (χ1) is 13.2. The van der Waals surface area contributed by atoms with Crippen LogP contribution >= 0.6 is 0 Å². The zero-order chi connectivity index (χ0) is 20.5. The van der Waals surface area contributed by atoms with E-state index in [0.717, 1.165) is 23.3 Å². The number of hydrogen-bond acceptors (Lipinski definition) is 1. The molecule has 0 bridgehead atoms. The fourth-order valence-corrected chi connectivity index (χ4v) is 3.10. The Kier molecular flexibility index (Phi) is 5.23. The van der Waals surface area contributed by atoms with Crippen LogP contribution in [0.25, 0.3) is 11.1 Å². The van der Waals surface area contributed by atoms with E-state index < -0.39 is 23.2 Å². The second kappa shape index (κ2) is 7.46. The molecule has 1 atom stereocenters. The van der Waals surface area contributed by atoms with Gasteiger partial charge in [-0.1, -0.05) is 49.4 Å². The zero-order valence-electron chi connectivity index (χ0n) is 14.9. The van der Waals surface area contributed by atoms with Crippen molar-refractivity contribution in [1.82, 2.24) is 0 Å². The second-order valence-corrected chi connectivity index (χ2v) is 6.52. The summed E-state index contributed by atoms with van der Waals surface area (Å²) in [6.07, 6.45) is -4.70. The van der Waals surface area contributed by atoms with E-state index in [1.54, 1.807) is 30.3 Å². The van der Waals surface area contributed by atoms with Crippen molar-refractivity contribution in [2.75, 3.05) is 0 Å². The Labute approximate surface area is 159 Å². The van der Waals surface area contributed by atoms with Crippen LogP contribution in [0.2, 0.25) is 0 Å². The molecule has 0 aliphatic rings. The van der Waals surface area contributed by atoms with Crippen molar-refractivity contribution >= 4 is 5.91 Å². The number of benzene rings is 3. The van der Waals surface area contributed by atoms with Gasteiger partial charge in [0.05, 0.1) is 11.1 Å². The molecule has 2 N–H and O–H groups in total. The Morgan fingerprint density at radius 1 is 0.893 bits per heavy atom. The summed E-state index contributed by atoms with van der Waals surface area (Å²) < 4.78 is 53.1. The topological polar surface area (TPSA) is 43.1 Å². The number of amides is 1. The summed E-state index contributed by atoms with van der Waals surface area (Å²) in [4.78, 5) is 11.3. The van der Waals surface area contributed by atoms with Gasteiger partial charge in [0.1, 0.15) is 5.82 Å². The van der Waals surface area contributed by atoms with Crippen LogP contribution in [0.5, 0.6) is 0 Å². The van der Waals surface area contributed by atoms with Crippen LogP contribution in [-0.2, 0) is 6.18 Å². The highest BCUT2D eigenvalue weighted by molar-refractivity contribution is 5.95. The van der Waals surface area contributed by atoms with Crippen molar-refractivity contribution in [3.8, 4) is 11.1 Å². The third-order valence-electron chi connectivity index (χ3n) is 4.68. The standard InChI is InChI=1S/C22H17F4NO/c1-13(14-5-8-18(23)9-6-14)15-3-2-4-16(11-15)17-7-10-19(21(27)28)20(12-17)22(24,25)26/h2-13H,1H3,(H2,27,28). The molecule has 0 spiro atoms. The third-order valence-corrected chi connectivity index (χ3v) is 4.68. The average Bonchev–Trinajstić information content (AvgIpc) is 2.67. The van der Waals surface area contributed by atoms with Crippen LogP contribution in [0.1, 0.15) is 39.9 Å². The molecule has 2 nitrogen and oxygen atoms in total. The largest absolute Gasteiger partial charge is 0.417 e. The van der Waals surface area contributed by atoms with E-state index in [4.69, 9.17) is 5.73 Å². The predicted molar refractivity (Wildman–Crippen MR) is 99.3 cm³/mol. The molecule has 0 saturated carbocycles. The normalized spacial score (nSPS) is 12.6. The molecule has 0 aromatic heterocycles. The second-order valence-electron chi connectivity index (χ2n) is 6.52. The summed E-state index contributed by atoms with van der Waals surface area (Å²) in [6.45, 7) is 1.93. The Bertz CT molecular complexity index is 1010. The molecular formula is C22H17F4NO. The molecule has 3 aromatic rings. The molecule has 6 heteroatoms. The zero-order valence-corrected chi connectivity index (χ0v) is 14.9. The maximum atomic E-state index is 13.3. The van der Waals surface area contributed by atoms with Gasteiger partial charge in [0, 0.05) is 5.92 Å². The first-order valence-electron chi connectivity index (χ1n) is 8.53. The molecule has 0 aliphatic carbocycles. The highest BCUT2D eigenvalue weighted by Crippen LogP contribution is 2.36. The third kappa shape index (κ3) is 4.06. The molecule has 0 heterocycles. The highest BCUT2D eigenvalue weighted by atomic mass is 19.4. The molecule has 0 aliphatic heterocycles. The van der Waals surface area contributed by atoms with Crippen molar-refractivity contribution in [1.29, 1.82) is 0 Å². The van der Waals surface area contributed by atoms with E-state index in [1.165, 1.54) is 18.2 Å². The Balaban J connectivity index is 2.02. The average molecular weight is 387 g/mol. The molecule has 1 unspecified atom stereocenters. The van der Waals surface area contributed by atoms with Gasteiger partial charge in [-0.25, -0.2) is 4.39 Å². The maximum absolute atomic E-state index is 13.3. The lowest BCUT2D eigenvalue weighted by Crippen LogP contribution is -2.18. The first-order valence-corrected chi connectivity index (χ1v) is 8.53. The van der Waals surface area contributed by atoms with Crippen LogP contribution in [0.3, 0.4) is 0 Å². The number of halogens is 4. The van der Waals surface area contributed by atoms with Gasteiger partial charge >= 0.3 is 6.18 Å². The van der Waals surface area contributed by atoms with Crippen LogP contribution in [0.4, 0.5) is 17.6 Å². The van der Waals surface area contributed by atoms with Gasteiger partial charge in [-0.15, -0.1) is 0 Å². The van der Waals surface area contributed by atoms with Crippen molar-refractivity contribution < 1.29 is 22.4 Å². The van der Waals surface area contributed by atoms with E-state index >= 15 is 0 Å². The quantitative estimate of drug-likeness (QED) is 0.568. The number of alkyl halides is 3. The van der Waals surface area contributed by atoms with Gasteiger partial charge in [-0.2, -0.15) is 13.2 Å². The van der Waals surface area contributed by atoms with Crippen molar-refractivity contribution in [2.45, 2.75) is 19.0 Å². The smallest absolute Gasteiger partial charge is 0.366 e. The number of hydrogen-bond donors (Lipinski definition) is 1. The molecule has 3 aromatic carbocycles. The van der Waals surface area contributed by atoms with Crippen LogP contribution in [-0.4, -0.2) is 5.91 Å².